The Morgan fingerprint density at radius 1 is 1.24 bits per heavy atom. The van der Waals surface area contributed by atoms with E-state index in [1.165, 1.54) is 41.4 Å². The zero-order chi connectivity index (χ0) is 33.2. The van der Waals surface area contributed by atoms with Gasteiger partial charge in [0.25, 0.3) is 0 Å². The molecule has 19 nitrogen and oxygen atoms in total. The van der Waals surface area contributed by atoms with Crippen molar-refractivity contribution in [3.8, 4) is 0 Å². The van der Waals surface area contributed by atoms with Gasteiger partial charge in [-0.05, 0) is 19.3 Å². The number of fused-ring (bicyclic) bond motifs is 1. The summed E-state index contributed by atoms with van der Waals surface area (Å²) in [6, 6.07) is -1.86. The number of thioether (sulfide) groups is 1. The number of ketones is 1. The molecule has 0 spiro atoms. The summed E-state index contributed by atoms with van der Waals surface area (Å²) >= 11 is 1.95. The number of anilines is 3. The van der Waals surface area contributed by atoms with Crippen LogP contribution < -0.4 is 32.5 Å². The number of hydrogen-bond acceptors (Lipinski definition) is 14. The maximum atomic E-state index is 13.3. The summed E-state index contributed by atoms with van der Waals surface area (Å²) in [6.07, 6.45) is 1.13. The Kier molecular flexibility index (Phi) is 9.63. The third-order valence-electron chi connectivity index (χ3n) is 6.93. The minimum atomic E-state index is -1.79. The van der Waals surface area contributed by atoms with E-state index in [0.717, 1.165) is 11.5 Å². The Balaban J connectivity index is 1.53. The van der Waals surface area contributed by atoms with Crippen LogP contribution in [0.3, 0.4) is 0 Å². The van der Waals surface area contributed by atoms with Gasteiger partial charge in [-0.1, -0.05) is 5.16 Å². The number of Topliss-reactive ketones (excluding diaryl/α,β-unsaturated/α-hetero) is 1. The number of nitrogens with two attached hydrogens (primary N) is 3. The van der Waals surface area contributed by atoms with Crippen molar-refractivity contribution in [2.45, 2.75) is 43.8 Å². The number of aromatic nitrogens is 4. The van der Waals surface area contributed by atoms with E-state index in [1.54, 1.807) is 17.1 Å². The Bertz CT molecular complexity index is 1600. The molecule has 4 heterocycles. The third kappa shape index (κ3) is 6.83. The van der Waals surface area contributed by atoms with Crippen molar-refractivity contribution in [2.75, 3.05) is 29.9 Å². The lowest BCUT2D eigenvalue weighted by molar-refractivity contribution is -0.765. The molecule has 1 saturated heterocycles. The maximum Gasteiger partial charge on any atom is 0.350 e. The minimum Gasteiger partial charge on any atom is -0.479 e. The van der Waals surface area contributed by atoms with Gasteiger partial charge in [0.15, 0.2) is 40.7 Å². The van der Waals surface area contributed by atoms with Crippen LogP contribution in [0.4, 0.5) is 21.4 Å². The van der Waals surface area contributed by atoms with E-state index < -0.39 is 64.7 Å². The first-order chi connectivity index (χ1) is 21.2. The number of nitrogens with zero attached hydrogens (tertiary/aromatic N) is 6. The number of nitrogens with one attached hydrogen (secondary N) is 2. The lowest BCUT2D eigenvalue weighted by Gasteiger charge is -2.51. The highest BCUT2D eigenvalue weighted by molar-refractivity contribution is 8.02. The number of carboxylic acids is 2. The molecule has 0 radical (unpaired) electrons. The molecule has 2 aromatic heterocycles. The lowest BCUT2D eigenvalue weighted by Crippen LogP contribution is -2.67. The molecule has 21 heteroatoms. The molecule has 2 aliphatic heterocycles. The molecule has 45 heavy (non-hydrogen) atoms. The first-order valence-corrected chi connectivity index (χ1v) is 15.0. The van der Waals surface area contributed by atoms with Crippen molar-refractivity contribution < 1.29 is 43.7 Å². The second kappa shape index (κ2) is 13.1. The Labute approximate surface area is 263 Å². The summed E-state index contributed by atoms with van der Waals surface area (Å²) in [5, 5.41) is 29.3. The highest BCUT2D eigenvalue weighted by Crippen LogP contribution is 2.45. The predicted octanol–water partition coefficient (Wildman–Crippen LogP) is -1.48. The van der Waals surface area contributed by atoms with Crippen LogP contribution in [0.1, 0.15) is 26.1 Å². The number of β-lactam (4-membered cyclic amide) rings is 1. The van der Waals surface area contributed by atoms with Gasteiger partial charge in [0.05, 0.1) is 18.3 Å². The van der Waals surface area contributed by atoms with Crippen molar-refractivity contribution in [2.24, 2.45) is 23.9 Å². The average Bonchev–Trinajstić information content (AvgIpc) is 3.52. The number of rotatable bonds is 13. The first-order valence-electron chi connectivity index (χ1n) is 13.3. The molecule has 2 aliphatic rings. The number of aliphatic carboxylic acids is 2. The van der Waals surface area contributed by atoms with Gasteiger partial charge in [-0.15, -0.1) is 21.1 Å². The molecular weight excluding hydrogens is 634 g/mol. The SMILES string of the molecule is Cn1c(N)c(NC(=O)NCCN)c[n+]1CC1=CS[C@@H]2[C@H](CC(=O)/C(=N\OC(C)(C)C(=O)O)c3nsc(N)n3)C(=O)N2[C@H]1C(=O)O. The number of carboxylic acid groups (broad SMARTS) is 2. The van der Waals surface area contributed by atoms with Crippen LogP contribution >= 0.6 is 23.3 Å². The summed E-state index contributed by atoms with van der Waals surface area (Å²) in [5.41, 5.74) is 15.6. The monoisotopic (exact) mass is 666 g/mol. The second-order valence-corrected chi connectivity index (χ2v) is 12.2. The quantitative estimate of drug-likeness (QED) is 0.0556. The lowest BCUT2D eigenvalue weighted by atomic mass is 9.87. The standard InChI is InChI=1S/C24H31N11O8S2/c1-24(2,21(40)41)43-31-14(17-30-22(27)45-32-17)13(36)6-11-18(37)35-15(20(38)39)10(9-44-19(11)35)7-34-8-12(16(26)33(34)3)29-23(42)28-5-4-25/h8-9,11,15,19,26H,4-7,25H2,1-3H3,(H6,27,28,29,30,32,38,39,40,41,42)/p+1/b31-14+/t11-,15-,19-/m1/s1. The number of urea groups is 1. The summed E-state index contributed by atoms with van der Waals surface area (Å²) in [4.78, 5) is 72.8. The highest BCUT2D eigenvalue weighted by Gasteiger charge is 2.56. The van der Waals surface area contributed by atoms with E-state index in [2.05, 4.69) is 25.1 Å². The smallest absolute Gasteiger partial charge is 0.350 e. The maximum absolute atomic E-state index is 13.3. The van der Waals surface area contributed by atoms with Gasteiger partial charge in [0.1, 0.15) is 0 Å². The molecule has 10 N–H and O–H groups in total. The van der Waals surface area contributed by atoms with Crippen molar-refractivity contribution in [1.29, 1.82) is 0 Å². The summed E-state index contributed by atoms with van der Waals surface area (Å²) in [5.74, 6) is -4.83. The normalized spacial score (nSPS) is 19.7. The van der Waals surface area contributed by atoms with Gasteiger partial charge in [-0.25, -0.2) is 14.4 Å². The molecule has 1 fully saturated rings. The van der Waals surface area contributed by atoms with Gasteiger partial charge < -0.3 is 42.5 Å². The van der Waals surface area contributed by atoms with Gasteiger partial charge >= 0.3 is 18.0 Å². The van der Waals surface area contributed by atoms with Crippen LogP contribution in [0.2, 0.25) is 0 Å². The molecule has 0 unspecified atom stereocenters. The molecule has 242 valence electrons. The van der Waals surface area contributed by atoms with E-state index in [4.69, 9.17) is 22.0 Å². The second-order valence-electron chi connectivity index (χ2n) is 10.5. The number of oxime groups is 1. The summed E-state index contributed by atoms with van der Waals surface area (Å²) in [7, 11) is 1.62. The van der Waals surface area contributed by atoms with Gasteiger partial charge in [0, 0.05) is 36.6 Å². The fourth-order valence-electron chi connectivity index (χ4n) is 4.42. The third-order valence-corrected chi connectivity index (χ3v) is 8.74. The van der Waals surface area contributed by atoms with E-state index in [0.29, 0.717) is 5.57 Å². The van der Waals surface area contributed by atoms with Gasteiger partial charge in [0.2, 0.25) is 23.5 Å². The topological polar surface area (TPSA) is 287 Å². The van der Waals surface area contributed by atoms with Gasteiger partial charge in [-0.3, -0.25) is 14.9 Å². The summed E-state index contributed by atoms with van der Waals surface area (Å²) in [6.45, 7) is 2.97. The average molecular weight is 667 g/mol. The van der Waals surface area contributed by atoms with Crippen molar-refractivity contribution in [3.05, 3.63) is 23.0 Å². The van der Waals surface area contributed by atoms with Crippen LogP contribution in [-0.2, 0) is 37.6 Å². The van der Waals surface area contributed by atoms with Crippen LogP contribution in [0.25, 0.3) is 0 Å². The molecule has 0 aliphatic carbocycles. The number of nitrogen functional groups attached to an aromatic ring is 2. The molecule has 3 atom stereocenters. The highest BCUT2D eigenvalue weighted by atomic mass is 32.2. The molecular formula is C24H32N11O8S2+. The molecule has 0 aromatic carbocycles. The zero-order valence-corrected chi connectivity index (χ0v) is 25.9. The molecule has 3 amide bonds. The van der Waals surface area contributed by atoms with Crippen LogP contribution in [0.5, 0.6) is 0 Å². The van der Waals surface area contributed by atoms with E-state index in [9.17, 15) is 34.2 Å². The number of carbonyl (C=O) groups is 5. The molecule has 0 bridgehead atoms. The summed E-state index contributed by atoms with van der Waals surface area (Å²) < 4.78 is 7.05. The van der Waals surface area contributed by atoms with E-state index in [1.807, 2.05) is 0 Å². The fourth-order valence-corrected chi connectivity index (χ4v) is 6.13. The minimum absolute atomic E-state index is 0.0152. The van der Waals surface area contributed by atoms with Gasteiger partial charge in [-0.2, -0.15) is 9.36 Å². The van der Waals surface area contributed by atoms with Crippen molar-refractivity contribution >= 4 is 75.3 Å². The predicted molar refractivity (Wildman–Crippen MR) is 161 cm³/mol. The van der Waals surface area contributed by atoms with Crippen LogP contribution in [-0.4, -0.2) is 94.6 Å². The number of carbonyl (C=O) groups excluding carboxylic acids is 3. The Morgan fingerprint density at radius 2 is 1.96 bits per heavy atom. The Hall–Kier alpha value is -4.76. The van der Waals surface area contributed by atoms with Crippen molar-refractivity contribution in [3.63, 3.8) is 0 Å². The first kappa shape index (κ1) is 33.1. The molecule has 4 rings (SSSR count). The van der Waals surface area contributed by atoms with Crippen LogP contribution in [0.15, 0.2) is 22.3 Å². The van der Waals surface area contributed by atoms with Crippen molar-refractivity contribution in [1.82, 2.24) is 24.3 Å². The van der Waals surface area contributed by atoms with E-state index >= 15 is 0 Å². The number of amides is 3. The fraction of sp³-hybridized carbons (Fsp3) is 0.458. The molecule has 0 saturated carbocycles. The Morgan fingerprint density at radius 3 is 2.56 bits per heavy atom. The number of hydrogen-bond donors (Lipinski definition) is 7. The molecule has 2 aromatic rings. The van der Waals surface area contributed by atoms with E-state index in [-0.39, 0.29) is 42.1 Å². The zero-order valence-electron chi connectivity index (χ0n) is 24.3. The largest absolute Gasteiger partial charge is 0.479 e. The van der Waals surface area contributed by atoms with Crippen LogP contribution in [0, 0.1) is 5.92 Å².